The van der Waals surface area contributed by atoms with Crippen LogP contribution < -0.4 is 9.47 Å². The molecule has 0 atom stereocenters. The van der Waals surface area contributed by atoms with E-state index in [2.05, 4.69) is 4.99 Å². The molecule has 162 valence electrons. The van der Waals surface area contributed by atoms with Gasteiger partial charge in [-0.1, -0.05) is 25.4 Å². The molecule has 0 fully saturated rings. The zero-order valence-electron chi connectivity index (χ0n) is 17.5. The number of halogens is 1. The van der Waals surface area contributed by atoms with Crippen LogP contribution in [-0.2, 0) is 9.53 Å². The third-order valence-electron chi connectivity index (χ3n) is 4.38. The first kappa shape index (κ1) is 22.3. The van der Waals surface area contributed by atoms with Gasteiger partial charge in [-0.3, -0.25) is 10.1 Å². The fourth-order valence-electron chi connectivity index (χ4n) is 2.90. The lowest BCUT2D eigenvalue weighted by atomic mass is 10.1. The van der Waals surface area contributed by atoms with Crippen molar-refractivity contribution < 1.29 is 23.9 Å². The van der Waals surface area contributed by atoms with Crippen molar-refractivity contribution in [2.24, 2.45) is 10.9 Å². The van der Waals surface area contributed by atoms with Gasteiger partial charge < -0.3 is 14.2 Å². The van der Waals surface area contributed by atoms with Crippen molar-refractivity contribution >= 4 is 35.2 Å². The van der Waals surface area contributed by atoms with Crippen molar-refractivity contribution in [2.75, 3.05) is 13.7 Å². The molecule has 0 radical (unpaired) electrons. The molecule has 2 aromatic rings. The largest absolute Gasteiger partial charge is 0.493 e. The van der Waals surface area contributed by atoms with E-state index in [4.69, 9.17) is 25.8 Å². The van der Waals surface area contributed by atoms with Crippen LogP contribution in [0, 0.1) is 23.0 Å². The van der Waals surface area contributed by atoms with Crippen LogP contribution >= 0.6 is 11.6 Å². The van der Waals surface area contributed by atoms with E-state index in [1.807, 2.05) is 13.8 Å². The molecule has 3 rings (SSSR count). The molecular formula is C22H21ClN2O6. The minimum atomic E-state index is -0.638. The molecule has 0 unspecified atom stereocenters. The van der Waals surface area contributed by atoms with Gasteiger partial charge in [0.25, 0.3) is 5.69 Å². The average Bonchev–Trinajstić information content (AvgIpc) is 3.06. The molecule has 0 saturated heterocycles. The Morgan fingerprint density at radius 2 is 2.03 bits per heavy atom. The van der Waals surface area contributed by atoms with Crippen LogP contribution in [0.1, 0.15) is 30.5 Å². The van der Waals surface area contributed by atoms with E-state index < -0.39 is 10.9 Å². The molecule has 0 amide bonds. The van der Waals surface area contributed by atoms with Crippen molar-refractivity contribution in [3.63, 3.8) is 0 Å². The molecule has 0 saturated carbocycles. The number of nitrogens with zero attached hydrogens (tertiary/aromatic N) is 2. The van der Waals surface area contributed by atoms with Gasteiger partial charge in [0.1, 0.15) is 0 Å². The summed E-state index contributed by atoms with van der Waals surface area (Å²) in [5.74, 6) is 0.609. The summed E-state index contributed by atoms with van der Waals surface area (Å²) in [5, 5.41) is 11.3. The number of hydrogen-bond acceptors (Lipinski definition) is 7. The molecule has 0 spiro atoms. The van der Waals surface area contributed by atoms with Crippen LogP contribution in [0.5, 0.6) is 11.5 Å². The number of nitro benzene ring substituents is 1. The lowest BCUT2D eigenvalue weighted by molar-refractivity contribution is -0.385. The van der Waals surface area contributed by atoms with Gasteiger partial charge in [0, 0.05) is 17.2 Å². The summed E-state index contributed by atoms with van der Waals surface area (Å²) in [4.78, 5) is 27.1. The molecule has 31 heavy (non-hydrogen) atoms. The molecule has 9 heteroatoms. The summed E-state index contributed by atoms with van der Waals surface area (Å²) < 4.78 is 16.4. The van der Waals surface area contributed by atoms with Gasteiger partial charge in [0.15, 0.2) is 17.2 Å². The lowest BCUT2D eigenvalue weighted by Crippen LogP contribution is -2.06. The van der Waals surface area contributed by atoms with Gasteiger partial charge in [-0.15, -0.1) is 0 Å². The second kappa shape index (κ2) is 9.18. The Bertz CT molecular complexity index is 1110. The number of cyclic esters (lactones) is 1. The van der Waals surface area contributed by atoms with E-state index in [9.17, 15) is 14.9 Å². The number of aliphatic imine (C=N–C) groups is 1. The Balaban J connectivity index is 1.92. The van der Waals surface area contributed by atoms with Crippen LogP contribution in [0.25, 0.3) is 6.08 Å². The van der Waals surface area contributed by atoms with Crippen molar-refractivity contribution in [2.45, 2.75) is 20.8 Å². The number of methoxy groups -OCH3 is 1. The van der Waals surface area contributed by atoms with Crippen molar-refractivity contribution in [1.82, 2.24) is 0 Å². The molecule has 1 aliphatic heterocycles. The van der Waals surface area contributed by atoms with Gasteiger partial charge >= 0.3 is 5.97 Å². The average molecular weight is 445 g/mol. The molecule has 0 N–H and O–H groups in total. The first-order valence-electron chi connectivity index (χ1n) is 9.48. The zero-order valence-corrected chi connectivity index (χ0v) is 18.2. The number of ether oxygens (including phenoxy) is 3. The number of carbonyl (C=O) groups is 1. The fraction of sp³-hybridized carbons (Fsp3) is 0.273. The first-order valence-corrected chi connectivity index (χ1v) is 9.85. The first-order chi connectivity index (χ1) is 14.7. The number of hydrogen-bond donors (Lipinski definition) is 0. The molecule has 2 aromatic carbocycles. The smallest absolute Gasteiger partial charge is 0.363 e. The van der Waals surface area contributed by atoms with Gasteiger partial charge in [-0.05, 0) is 48.7 Å². The molecule has 0 bridgehead atoms. The summed E-state index contributed by atoms with van der Waals surface area (Å²) >= 11 is 6.36. The van der Waals surface area contributed by atoms with Gasteiger partial charge in [-0.2, -0.15) is 0 Å². The van der Waals surface area contributed by atoms with Crippen LogP contribution in [0.15, 0.2) is 41.0 Å². The molecule has 1 heterocycles. The fourth-order valence-corrected chi connectivity index (χ4v) is 3.17. The molecule has 0 aromatic heterocycles. The van der Waals surface area contributed by atoms with Crippen LogP contribution in [-0.4, -0.2) is 30.5 Å². The quantitative estimate of drug-likeness (QED) is 0.259. The normalized spacial score (nSPS) is 14.6. The minimum Gasteiger partial charge on any atom is -0.493 e. The Kier molecular flexibility index (Phi) is 6.60. The Morgan fingerprint density at radius 1 is 1.29 bits per heavy atom. The monoisotopic (exact) mass is 444 g/mol. The third kappa shape index (κ3) is 5.03. The van der Waals surface area contributed by atoms with Crippen LogP contribution in [0.4, 0.5) is 5.69 Å². The van der Waals surface area contributed by atoms with Gasteiger partial charge in [0.05, 0.1) is 23.7 Å². The van der Waals surface area contributed by atoms with Crippen molar-refractivity contribution in [3.8, 4) is 11.5 Å². The Hall–Kier alpha value is -3.39. The molecule has 8 nitrogen and oxygen atoms in total. The number of nitro groups is 1. The van der Waals surface area contributed by atoms with E-state index in [1.165, 1.54) is 25.3 Å². The maximum absolute atomic E-state index is 12.3. The van der Waals surface area contributed by atoms with E-state index in [0.717, 1.165) is 0 Å². The number of esters is 1. The van der Waals surface area contributed by atoms with Crippen LogP contribution in [0.3, 0.4) is 0 Å². The second-order valence-electron chi connectivity index (χ2n) is 7.33. The van der Waals surface area contributed by atoms with Gasteiger partial charge in [-0.25, -0.2) is 9.79 Å². The third-order valence-corrected chi connectivity index (χ3v) is 4.66. The predicted octanol–water partition coefficient (Wildman–Crippen LogP) is 4.94. The maximum atomic E-state index is 12.3. The Labute approximate surface area is 184 Å². The maximum Gasteiger partial charge on any atom is 0.363 e. The number of aryl methyl sites for hydroxylation is 1. The van der Waals surface area contributed by atoms with Crippen LogP contribution in [0.2, 0.25) is 5.02 Å². The lowest BCUT2D eigenvalue weighted by Gasteiger charge is -2.14. The highest BCUT2D eigenvalue weighted by Crippen LogP contribution is 2.37. The highest BCUT2D eigenvalue weighted by Gasteiger charge is 2.25. The molecule has 0 aliphatic carbocycles. The second-order valence-corrected chi connectivity index (χ2v) is 7.74. The number of rotatable bonds is 7. The van der Waals surface area contributed by atoms with Crippen molar-refractivity contribution in [3.05, 3.63) is 67.9 Å². The SMILES string of the molecule is COc1cc(/C=C2\N=C(c3ccc([N+](=O)[O-])c(C)c3)OC2=O)cc(Cl)c1OCC(C)C. The van der Waals surface area contributed by atoms with E-state index in [-0.39, 0.29) is 17.3 Å². The molecule has 1 aliphatic rings. The van der Waals surface area contributed by atoms with E-state index >= 15 is 0 Å². The Morgan fingerprint density at radius 3 is 2.65 bits per heavy atom. The molecular weight excluding hydrogens is 424 g/mol. The summed E-state index contributed by atoms with van der Waals surface area (Å²) in [6, 6.07) is 7.72. The van der Waals surface area contributed by atoms with E-state index in [1.54, 1.807) is 25.1 Å². The van der Waals surface area contributed by atoms with Gasteiger partial charge in [0.2, 0.25) is 5.90 Å². The summed E-state index contributed by atoms with van der Waals surface area (Å²) in [5.41, 5.74) is 1.53. The predicted molar refractivity (Wildman–Crippen MR) is 117 cm³/mol. The standard InChI is InChI=1S/C22H21ClN2O6/c1-12(2)11-30-20-16(23)8-14(10-19(20)29-4)9-17-22(26)31-21(24-17)15-5-6-18(25(27)28)13(3)7-15/h5-10,12H,11H2,1-4H3/b17-9-. The highest BCUT2D eigenvalue weighted by atomic mass is 35.5. The topological polar surface area (TPSA) is 100 Å². The van der Waals surface area contributed by atoms with Crippen molar-refractivity contribution in [1.29, 1.82) is 0 Å². The minimum absolute atomic E-state index is 0.0223. The van der Waals surface area contributed by atoms with E-state index in [0.29, 0.717) is 45.7 Å². The number of carbonyl (C=O) groups excluding carboxylic acids is 1. The summed E-state index contributed by atoms with van der Waals surface area (Å²) in [6.07, 6.45) is 1.52. The number of benzene rings is 2. The summed E-state index contributed by atoms with van der Waals surface area (Å²) in [6.45, 7) is 6.12. The highest BCUT2D eigenvalue weighted by molar-refractivity contribution is 6.32. The zero-order chi connectivity index (χ0) is 22.7. The summed E-state index contributed by atoms with van der Waals surface area (Å²) in [7, 11) is 1.50.